The number of benzene rings is 1. The van der Waals surface area contributed by atoms with Crippen molar-refractivity contribution in [2.24, 2.45) is 0 Å². The molecule has 1 rings (SSSR count). The molecule has 78 valence electrons. The molecule has 2 nitrogen and oxygen atoms in total. The van der Waals surface area contributed by atoms with E-state index in [-0.39, 0.29) is 5.78 Å². The van der Waals surface area contributed by atoms with E-state index in [4.69, 9.17) is 0 Å². The predicted molar refractivity (Wildman–Crippen MR) is 65.0 cm³/mol. The maximum absolute atomic E-state index is 10.9. The van der Waals surface area contributed by atoms with Crippen LogP contribution in [0.15, 0.2) is 43.0 Å². The van der Waals surface area contributed by atoms with Crippen molar-refractivity contribution in [2.75, 3.05) is 19.0 Å². The number of nitrogens with zero attached hydrogens (tertiary/aromatic N) is 1. The lowest BCUT2D eigenvalue weighted by atomic mass is 10.1. The lowest BCUT2D eigenvalue weighted by molar-refractivity contribution is -0.110. The molecule has 0 aliphatic rings. The van der Waals surface area contributed by atoms with Gasteiger partial charge in [0.2, 0.25) is 0 Å². The van der Waals surface area contributed by atoms with Crippen LogP contribution in [0.3, 0.4) is 0 Å². The molecule has 0 aliphatic heterocycles. The van der Waals surface area contributed by atoms with Crippen LogP contribution in [0.2, 0.25) is 0 Å². The van der Waals surface area contributed by atoms with E-state index in [1.807, 2.05) is 43.3 Å². The fourth-order valence-corrected chi connectivity index (χ4v) is 1.13. The van der Waals surface area contributed by atoms with Gasteiger partial charge in [-0.2, -0.15) is 0 Å². The maximum atomic E-state index is 10.9. The standard InChI is InChI=1S/C13H15NO/c1-4-13(15)10-7-11-5-8-12(9-6-11)14(2)3/h4-10H,1H2,2-3H3/b10-7+. The van der Waals surface area contributed by atoms with Gasteiger partial charge in [-0.3, -0.25) is 4.79 Å². The number of anilines is 1. The average Bonchev–Trinajstić information content (AvgIpc) is 2.26. The van der Waals surface area contributed by atoms with Crippen molar-refractivity contribution in [1.29, 1.82) is 0 Å². The van der Waals surface area contributed by atoms with Gasteiger partial charge in [-0.15, -0.1) is 0 Å². The van der Waals surface area contributed by atoms with E-state index in [1.165, 1.54) is 12.2 Å². The highest BCUT2D eigenvalue weighted by atomic mass is 16.1. The highest BCUT2D eigenvalue weighted by Gasteiger charge is 1.93. The largest absolute Gasteiger partial charge is 0.378 e. The maximum Gasteiger partial charge on any atom is 0.178 e. The lowest BCUT2D eigenvalue weighted by Crippen LogP contribution is -2.07. The summed E-state index contributed by atoms with van der Waals surface area (Å²) in [5, 5.41) is 0. The number of allylic oxidation sites excluding steroid dienone is 2. The second kappa shape index (κ2) is 5.15. The Bertz CT molecular complexity index is 374. The van der Waals surface area contributed by atoms with Gasteiger partial charge in [-0.05, 0) is 29.8 Å². The Morgan fingerprint density at radius 3 is 2.33 bits per heavy atom. The molecular weight excluding hydrogens is 186 g/mol. The van der Waals surface area contributed by atoms with Gasteiger partial charge in [0.05, 0.1) is 0 Å². The van der Waals surface area contributed by atoms with Gasteiger partial charge in [-0.25, -0.2) is 0 Å². The van der Waals surface area contributed by atoms with Crippen LogP contribution in [0.5, 0.6) is 0 Å². The zero-order valence-electron chi connectivity index (χ0n) is 9.10. The number of ketones is 1. The zero-order chi connectivity index (χ0) is 11.3. The number of hydrogen-bond donors (Lipinski definition) is 0. The van der Waals surface area contributed by atoms with Crippen LogP contribution >= 0.6 is 0 Å². The third-order valence-electron chi connectivity index (χ3n) is 2.05. The Morgan fingerprint density at radius 1 is 1.27 bits per heavy atom. The summed E-state index contributed by atoms with van der Waals surface area (Å²) < 4.78 is 0. The van der Waals surface area contributed by atoms with Crippen molar-refractivity contribution in [1.82, 2.24) is 0 Å². The van der Waals surface area contributed by atoms with Gasteiger partial charge in [-0.1, -0.05) is 24.8 Å². The van der Waals surface area contributed by atoms with Crippen LogP contribution in [0, 0.1) is 0 Å². The number of carbonyl (C=O) groups is 1. The van der Waals surface area contributed by atoms with Gasteiger partial charge >= 0.3 is 0 Å². The van der Waals surface area contributed by atoms with Crippen LogP contribution in [0.25, 0.3) is 6.08 Å². The molecule has 0 spiro atoms. The predicted octanol–water partition coefficient (Wildman–Crippen LogP) is 2.52. The van der Waals surface area contributed by atoms with Crippen molar-refractivity contribution in [3.05, 3.63) is 48.6 Å². The van der Waals surface area contributed by atoms with Crippen LogP contribution < -0.4 is 4.90 Å². The lowest BCUT2D eigenvalue weighted by Gasteiger charge is -2.11. The van der Waals surface area contributed by atoms with Crippen molar-refractivity contribution < 1.29 is 4.79 Å². The van der Waals surface area contributed by atoms with Gasteiger partial charge in [0.1, 0.15) is 0 Å². The summed E-state index contributed by atoms with van der Waals surface area (Å²) in [6, 6.07) is 7.97. The fraction of sp³-hybridized carbons (Fsp3) is 0.154. The topological polar surface area (TPSA) is 20.3 Å². The molecule has 0 heterocycles. The van der Waals surface area contributed by atoms with Crippen LogP contribution in [0.4, 0.5) is 5.69 Å². The van der Waals surface area contributed by atoms with E-state index >= 15 is 0 Å². The summed E-state index contributed by atoms with van der Waals surface area (Å²) in [5.41, 5.74) is 2.15. The number of hydrogen-bond acceptors (Lipinski definition) is 2. The van der Waals surface area contributed by atoms with E-state index in [9.17, 15) is 4.79 Å². The van der Waals surface area contributed by atoms with Crippen LogP contribution in [-0.2, 0) is 4.79 Å². The Hall–Kier alpha value is -1.83. The van der Waals surface area contributed by atoms with E-state index < -0.39 is 0 Å². The highest BCUT2D eigenvalue weighted by Crippen LogP contribution is 2.12. The van der Waals surface area contributed by atoms with Gasteiger partial charge < -0.3 is 4.90 Å². The van der Waals surface area contributed by atoms with E-state index in [2.05, 4.69) is 6.58 Å². The zero-order valence-corrected chi connectivity index (χ0v) is 9.10. The SMILES string of the molecule is C=CC(=O)/C=C/c1ccc(N(C)C)cc1. The first-order valence-electron chi connectivity index (χ1n) is 4.75. The molecule has 0 fully saturated rings. The molecule has 2 heteroatoms. The minimum absolute atomic E-state index is 0.0771. The first-order valence-corrected chi connectivity index (χ1v) is 4.75. The Labute approximate surface area is 90.5 Å². The second-order valence-electron chi connectivity index (χ2n) is 3.43. The summed E-state index contributed by atoms with van der Waals surface area (Å²) in [6.45, 7) is 3.40. The first-order chi connectivity index (χ1) is 7.13. The minimum Gasteiger partial charge on any atom is -0.378 e. The molecular formula is C13H15NO. The Morgan fingerprint density at radius 2 is 1.87 bits per heavy atom. The second-order valence-corrected chi connectivity index (χ2v) is 3.43. The van der Waals surface area contributed by atoms with Crippen molar-refractivity contribution in [3.63, 3.8) is 0 Å². The summed E-state index contributed by atoms with van der Waals surface area (Å²) in [7, 11) is 3.98. The molecule has 15 heavy (non-hydrogen) atoms. The van der Waals surface area contributed by atoms with Crippen molar-refractivity contribution in [3.8, 4) is 0 Å². The van der Waals surface area contributed by atoms with Gasteiger partial charge in [0.25, 0.3) is 0 Å². The molecule has 0 saturated carbocycles. The number of rotatable bonds is 4. The summed E-state index contributed by atoms with van der Waals surface area (Å²) in [5.74, 6) is -0.0771. The summed E-state index contributed by atoms with van der Waals surface area (Å²) in [4.78, 5) is 13.0. The smallest absolute Gasteiger partial charge is 0.178 e. The molecule has 0 aromatic heterocycles. The number of carbonyl (C=O) groups excluding carboxylic acids is 1. The summed E-state index contributed by atoms with van der Waals surface area (Å²) in [6.07, 6.45) is 4.59. The molecule has 0 aliphatic carbocycles. The van der Waals surface area contributed by atoms with Crippen LogP contribution in [0.1, 0.15) is 5.56 Å². The van der Waals surface area contributed by atoms with Crippen LogP contribution in [-0.4, -0.2) is 19.9 Å². The summed E-state index contributed by atoms with van der Waals surface area (Å²) >= 11 is 0. The molecule has 1 aromatic carbocycles. The third kappa shape index (κ3) is 3.43. The fourth-order valence-electron chi connectivity index (χ4n) is 1.13. The Kier molecular flexibility index (Phi) is 3.86. The highest BCUT2D eigenvalue weighted by molar-refractivity contribution is 6.01. The van der Waals surface area contributed by atoms with E-state index in [0.717, 1.165) is 11.3 Å². The molecule has 1 aromatic rings. The third-order valence-corrected chi connectivity index (χ3v) is 2.05. The quantitative estimate of drug-likeness (QED) is 0.698. The molecule has 0 unspecified atom stereocenters. The molecule has 0 amide bonds. The first kappa shape index (κ1) is 11.2. The normalized spacial score (nSPS) is 10.3. The Balaban J connectivity index is 2.76. The molecule has 0 radical (unpaired) electrons. The van der Waals surface area contributed by atoms with Gasteiger partial charge in [0.15, 0.2) is 5.78 Å². The molecule has 0 atom stereocenters. The monoisotopic (exact) mass is 201 g/mol. The molecule has 0 N–H and O–H groups in total. The minimum atomic E-state index is -0.0771. The van der Waals surface area contributed by atoms with Crippen molar-refractivity contribution >= 4 is 17.5 Å². The average molecular weight is 201 g/mol. The molecule has 0 saturated heterocycles. The molecule has 0 bridgehead atoms. The van der Waals surface area contributed by atoms with E-state index in [0.29, 0.717) is 0 Å². The van der Waals surface area contributed by atoms with E-state index in [1.54, 1.807) is 6.08 Å². The van der Waals surface area contributed by atoms with Crippen molar-refractivity contribution in [2.45, 2.75) is 0 Å². The van der Waals surface area contributed by atoms with Gasteiger partial charge in [0, 0.05) is 19.8 Å².